The number of nitrogens with one attached hydrogen (secondary N) is 1. The molecule has 1 N–H and O–H groups in total. The normalized spacial score (nSPS) is 17.4. The molecule has 1 unspecified atom stereocenters. The fourth-order valence-electron chi connectivity index (χ4n) is 3.08. The number of anilines is 1. The van der Waals surface area contributed by atoms with Gasteiger partial charge in [0.25, 0.3) is 0 Å². The molecule has 0 heterocycles. The standard InChI is InChI=1S/C19H20N2/c20-14-13-15-9-11-17(12-10-15)21-19-8-4-2-6-16-5-1-3-7-18(16)19/h1,3,5,7,9-12,19,21H,2,4,6,8,13H2. The summed E-state index contributed by atoms with van der Waals surface area (Å²) in [5.74, 6) is 0. The SMILES string of the molecule is N#CCc1ccc(NC2CCCCc3ccccc32)cc1. The predicted molar refractivity (Wildman–Crippen MR) is 86.1 cm³/mol. The van der Waals surface area contributed by atoms with E-state index in [4.69, 9.17) is 5.26 Å². The smallest absolute Gasteiger partial charge is 0.0669 e. The number of benzene rings is 2. The summed E-state index contributed by atoms with van der Waals surface area (Å²) in [4.78, 5) is 0. The van der Waals surface area contributed by atoms with Crippen LogP contribution in [0.15, 0.2) is 48.5 Å². The molecule has 21 heavy (non-hydrogen) atoms. The summed E-state index contributed by atoms with van der Waals surface area (Å²) in [6.45, 7) is 0. The fraction of sp³-hybridized carbons (Fsp3) is 0.316. The first-order valence-electron chi connectivity index (χ1n) is 7.67. The Morgan fingerprint density at radius 3 is 2.67 bits per heavy atom. The molecule has 0 aromatic heterocycles. The number of nitrogens with zero attached hydrogens (tertiary/aromatic N) is 1. The minimum Gasteiger partial charge on any atom is -0.378 e. The molecule has 2 heteroatoms. The summed E-state index contributed by atoms with van der Waals surface area (Å²) in [7, 11) is 0. The Morgan fingerprint density at radius 1 is 1.05 bits per heavy atom. The van der Waals surface area contributed by atoms with E-state index in [2.05, 4.69) is 47.8 Å². The zero-order valence-corrected chi connectivity index (χ0v) is 12.2. The maximum absolute atomic E-state index is 8.72. The Morgan fingerprint density at radius 2 is 1.86 bits per heavy atom. The second-order valence-electron chi connectivity index (χ2n) is 5.67. The van der Waals surface area contributed by atoms with Gasteiger partial charge in [-0.3, -0.25) is 0 Å². The van der Waals surface area contributed by atoms with Crippen LogP contribution in [0.1, 0.15) is 42.0 Å². The van der Waals surface area contributed by atoms with Gasteiger partial charge in [0.1, 0.15) is 0 Å². The van der Waals surface area contributed by atoms with Crippen LogP contribution in [0.3, 0.4) is 0 Å². The number of fused-ring (bicyclic) bond motifs is 1. The fourth-order valence-corrected chi connectivity index (χ4v) is 3.08. The van der Waals surface area contributed by atoms with E-state index >= 15 is 0 Å². The molecule has 0 aliphatic heterocycles. The number of hydrogen-bond donors (Lipinski definition) is 1. The Kier molecular flexibility index (Phi) is 4.21. The van der Waals surface area contributed by atoms with Gasteiger partial charge in [0.15, 0.2) is 0 Å². The summed E-state index contributed by atoms with van der Waals surface area (Å²) in [5, 5.41) is 12.4. The van der Waals surface area contributed by atoms with Gasteiger partial charge in [-0.25, -0.2) is 0 Å². The Balaban J connectivity index is 1.79. The summed E-state index contributed by atoms with van der Waals surface area (Å²) in [6, 6.07) is 19.6. The first-order valence-corrected chi connectivity index (χ1v) is 7.67. The first-order chi connectivity index (χ1) is 10.4. The van der Waals surface area contributed by atoms with Gasteiger partial charge in [0, 0.05) is 5.69 Å². The van der Waals surface area contributed by atoms with Crippen molar-refractivity contribution in [3.05, 3.63) is 65.2 Å². The van der Waals surface area contributed by atoms with Crippen molar-refractivity contribution in [2.75, 3.05) is 5.32 Å². The third kappa shape index (κ3) is 3.25. The summed E-state index contributed by atoms with van der Waals surface area (Å²) in [6.07, 6.45) is 5.38. The average molecular weight is 276 g/mol. The highest BCUT2D eigenvalue weighted by Crippen LogP contribution is 2.31. The third-order valence-electron chi connectivity index (χ3n) is 4.20. The van der Waals surface area contributed by atoms with E-state index in [1.54, 1.807) is 0 Å². The third-order valence-corrected chi connectivity index (χ3v) is 4.20. The highest BCUT2D eigenvalue weighted by Gasteiger charge is 2.17. The monoisotopic (exact) mass is 276 g/mol. The molecule has 106 valence electrons. The number of hydrogen-bond acceptors (Lipinski definition) is 2. The summed E-state index contributed by atoms with van der Waals surface area (Å²) in [5.41, 5.74) is 5.13. The van der Waals surface area contributed by atoms with Crippen molar-refractivity contribution in [3.63, 3.8) is 0 Å². The van der Waals surface area contributed by atoms with E-state index in [9.17, 15) is 0 Å². The lowest BCUT2D eigenvalue weighted by Crippen LogP contribution is -2.11. The molecule has 0 radical (unpaired) electrons. The van der Waals surface area contributed by atoms with Crippen LogP contribution in [0, 0.1) is 11.3 Å². The Labute approximate surface area is 126 Å². The van der Waals surface area contributed by atoms with E-state index < -0.39 is 0 Å². The van der Waals surface area contributed by atoms with Gasteiger partial charge >= 0.3 is 0 Å². The van der Waals surface area contributed by atoms with E-state index in [0.29, 0.717) is 12.5 Å². The maximum atomic E-state index is 8.72. The molecular formula is C19H20N2. The molecule has 0 amide bonds. The molecule has 1 aliphatic rings. The van der Waals surface area contributed by atoms with E-state index in [1.807, 2.05) is 12.1 Å². The van der Waals surface area contributed by atoms with Crippen LogP contribution in [-0.4, -0.2) is 0 Å². The highest BCUT2D eigenvalue weighted by molar-refractivity contribution is 5.48. The van der Waals surface area contributed by atoms with Crippen LogP contribution >= 0.6 is 0 Å². The van der Waals surface area contributed by atoms with Crippen LogP contribution in [0.4, 0.5) is 5.69 Å². The molecule has 2 aromatic carbocycles. The summed E-state index contributed by atoms with van der Waals surface area (Å²) >= 11 is 0. The van der Waals surface area contributed by atoms with Gasteiger partial charge in [0.2, 0.25) is 0 Å². The molecule has 0 spiro atoms. The van der Waals surface area contributed by atoms with Gasteiger partial charge in [-0.15, -0.1) is 0 Å². The van der Waals surface area contributed by atoms with E-state index in [0.717, 1.165) is 11.3 Å². The second-order valence-corrected chi connectivity index (χ2v) is 5.67. The molecule has 0 saturated heterocycles. The maximum Gasteiger partial charge on any atom is 0.0669 e. The molecule has 1 aliphatic carbocycles. The van der Waals surface area contributed by atoms with Gasteiger partial charge in [0.05, 0.1) is 18.5 Å². The van der Waals surface area contributed by atoms with Crippen molar-refractivity contribution in [1.82, 2.24) is 0 Å². The van der Waals surface area contributed by atoms with Crippen molar-refractivity contribution in [2.24, 2.45) is 0 Å². The number of nitriles is 1. The molecule has 0 fully saturated rings. The molecule has 1 atom stereocenters. The van der Waals surface area contributed by atoms with Crippen LogP contribution < -0.4 is 5.32 Å². The molecule has 0 saturated carbocycles. The van der Waals surface area contributed by atoms with E-state index in [1.165, 1.54) is 36.8 Å². The molecule has 0 bridgehead atoms. The molecule has 2 aromatic rings. The lowest BCUT2D eigenvalue weighted by molar-refractivity contribution is 0.644. The molecule has 3 rings (SSSR count). The van der Waals surface area contributed by atoms with Crippen molar-refractivity contribution < 1.29 is 0 Å². The molecule has 2 nitrogen and oxygen atoms in total. The van der Waals surface area contributed by atoms with Crippen molar-refractivity contribution in [1.29, 1.82) is 5.26 Å². The van der Waals surface area contributed by atoms with Gasteiger partial charge in [-0.05, 0) is 48.1 Å². The lowest BCUT2D eigenvalue weighted by Gasteiger charge is -2.20. The van der Waals surface area contributed by atoms with Gasteiger partial charge in [-0.1, -0.05) is 42.8 Å². The van der Waals surface area contributed by atoms with Crippen molar-refractivity contribution in [2.45, 2.75) is 38.1 Å². The first kappa shape index (κ1) is 13.7. The van der Waals surface area contributed by atoms with Crippen molar-refractivity contribution in [3.8, 4) is 6.07 Å². The summed E-state index contributed by atoms with van der Waals surface area (Å²) < 4.78 is 0. The van der Waals surface area contributed by atoms with Crippen LogP contribution in [0.5, 0.6) is 0 Å². The van der Waals surface area contributed by atoms with Crippen LogP contribution in [0.25, 0.3) is 0 Å². The number of aryl methyl sites for hydroxylation is 1. The zero-order valence-electron chi connectivity index (χ0n) is 12.2. The van der Waals surface area contributed by atoms with Gasteiger partial charge < -0.3 is 5.32 Å². The Hall–Kier alpha value is -2.27. The minimum absolute atomic E-state index is 0.394. The van der Waals surface area contributed by atoms with Gasteiger partial charge in [-0.2, -0.15) is 5.26 Å². The van der Waals surface area contributed by atoms with Crippen LogP contribution in [0.2, 0.25) is 0 Å². The number of rotatable bonds is 3. The van der Waals surface area contributed by atoms with E-state index in [-0.39, 0.29) is 0 Å². The topological polar surface area (TPSA) is 35.8 Å². The quantitative estimate of drug-likeness (QED) is 0.829. The largest absolute Gasteiger partial charge is 0.378 e. The minimum atomic E-state index is 0.394. The zero-order chi connectivity index (χ0) is 14.5. The van der Waals surface area contributed by atoms with Crippen LogP contribution in [-0.2, 0) is 12.8 Å². The second kappa shape index (κ2) is 6.45. The average Bonchev–Trinajstić information content (AvgIpc) is 2.72. The predicted octanol–water partition coefficient (Wildman–Crippen LogP) is 4.63. The Bertz CT molecular complexity index is 637. The van der Waals surface area contributed by atoms with Crippen molar-refractivity contribution >= 4 is 5.69 Å². The molecular weight excluding hydrogens is 256 g/mol. The highest BCUT2D eigenvalue weighted by atomic mass is 14.9. The lowest BCUT2D eigenvalue weighted by atomic mass is 9.99.